The van der Waals surface area contributed by atoms with E-state index >= 15 is 0 Å². The molecule has 4 aromatic carbocycles. The molecule has 3 atom stereocenters. The van der Waals surface area contributed by atoms with Gasteiger partial charge in [0.1, 0.15) is 11.4 Å². The van der Waals surface area contributed by atoms with Crippen molar-refractivity contribution in [3.05, 3.63) is 132 Å². The van der Waals surface area contributed by atoms with Crippen molar-refractivity contribution in [1.29, 1.82) is 0 Å². The standard InChI is InChI=1S/C43H41F4N5O3/c1-27-40(53)36-34(38(51(27)26-43(45,46)47)37-35(54-2)21-30(23-48-37)49-31-24-50(25-31)20-12-19-44)22-33(28-13-6-3-7-14-28)39-41(36)55-42(29-15-8-4-9-16-29)52(39)32-17-10-5-11-18-32/h3-11,13-18,21-23,27,31,38,42,49H,12,19-20,24-26H2,1-2H3/t27-,38+,42?/m1/s1. The van der Waals surface area contributed by atoms with Crippen LogP contribution in [0.2, 0.25) is 0 Å². The van der Waals surface area contributed by atoms with Gasteiger partial charge in [0.25, 0.3) is 0 Å². The molecule has 1 aromatic heterocycles. The van der Waals surface area contributed by atoms with Crippen LogP contribution in [0.25, 0.3) is 11.1 Å². The van der Waals surface area contributed by atoms with E-state index in [-0.39, 0.29) is 29.7 Å². The average molecular weight is 752 g/mol. The predicted molar refractivity (Wildman–Crippen MR) is 204 cm³/mol. The fraction of sp³-hybridized carbons (Fsp3) is 0.302. The number of Topliss-reactive ketones (excluding diaryl/α,β-unsaturated/α-hetero) is 1. The number of nitrogens with zero attached hydrogens (tertiary/aromatic N) is 4. The molecule has 4 heterocycles. The predicted octanol–water partition coefficient (Wildman–Crippen LogP) is 8.98. The summed E-state index contributed by atoms with van der Waals surface area (Å²) in [5.74, 6) is 0.105. The monoisotopic (exact) mass is 751 g/mol. The number of pyridine rings is 1. The van der Waals surface area contributed by atoms with Crippen molar-refractivity contribution in [3.63, 3.8) is 0 Å². The molecule has 0 spiro atoms. The Morgan fingerprint density at radius 3 is 2.27 bits per heavy atom. The number of alkyl halides is 4. The van der Waals surface area contributed by atoms with E-state index in [9.17, 15) is 22.4 Å². The number of carbonyl (C=O) groups excluding carboxylic acids is 1. The highest BCUT2D eigenvalue weighted by molar-refractivity contribution is 6.09. The Morgan fingerprint density at radius 2 is 1.62 bits per heavy atom. The van der Waals surface area contributed by atoms with Crippen LogP contribution < -0.4 is 19.7 Å². The molecule has 0 aliphatic carbocycles. The molecule has 284 valence electrons. The normalized spacial score (nSPS) is 20.1. The first-order chi connectivity index (χ1) is 26.6. The largest absolute Gasteiger partial charge is 0.495 e. The number of para-hydroxylation sites is 1. The number of benzene rings is 4. The number of aromatic nitrogens is 1. The molecule has 5 aromatic rings. The van der Waals surface area contributed by atoms with E-state index in [1.165, 1.54) is 14.0 Å². The number of ketones is 1. The van der Waals surface area contributed by atoms with E-state index in [0.29, 0.717) is 41.2 Å². The zero-order chi connectivity index (χ0) is 38.3. The van der Waals surface area contributed by atoms with Crippen molar-refractivity contribution < 1.29 is 31.8 Å². The summed E-state index contributed by atoms with van der Waals surface area (Å²) in [6.07, 6.45) is -3.24. The number of methoxy groups -OCH3 is 1. The number of carbonyl (C=O) groups is 1. The Bertz CT molecular complexity index is 2150. The summed E-state index contributed by atoms with van der Waals surface area (Å²) >= 11 is 0. The molecular weight excluding hydrogens is 710 g/mol. The molecular formula is C43H41F4N5O3. The lowest BCUT2D eigenvalue weighted by Crippen LogP contribution is -2.54. The van der Waals surface area contributed by atoms with E-state index in [4.69, 9.17) is 14.5 Å². The second kappa shape index (κ2) is 15.0. The van der Waals surface area contributed by atoms with Crippen LogP contribution in [0.1, 0.15) is 52.8 Å². The van der Waals surface area contributed by atoms with Gasteiger partial charge in [0.15, 0.2) is 11.5 Å². The minimum atomic E-state index is -4.63. The first kappa shape index (κ1) is 36.5. The third kappa shape index (κ3) is 7.00. The first-order valence-corrected chi connectivity index (χ1v) is 18.4. The van der Waals surface area contributed by atoms with Crippen molar-refractivity contribution in [3.8, 4) is 22.6 Å². The van der Waals surface area contributed by atoms with Crippen LogP contribution in [-0.4, -0.2) is 78.8 Å². The lowest BCUT2D eigenvalue weighted by Gasteiger charge is -2.42. The molecule has 0 saturated carbocycles. The van der Waals surface area contributed by atoms with Crippen LogP contribution in [0.3, 0.4) is 0 Å². The summed E-state index contributed by atoms with van der Waals surface area (Å²) < 4.78 is 69.0. The number of ether oxygens (including phenoxy) is 2. The molecule has 8 nitrogen and oxygen atoms in total. The maximum atomic E-state index is 14.7. The van der Waals surface area contributed by atoms with Crippen LogP contribution >= 0.6 is 0 Å². The molecule has 0 amide bonds. The van der Waals surface area contributed by atoms with Crippen LogP contribution in [0, 0.1) is 0 Å². The zero-order valence-corrected chi connectivity index (χ0v) is 30.5. The molecule has 1 unspecified atom stereocenters. The van der Waals surface area contributed by atoms with Gasteiger partial charge in [-0.15, -0.1) is 0 Å². The highest BCUT2D eigenvalue weighted by Gasteiger charge is 2.50. The number of rotatable bonds is 11. The van der Waals surface area contributed by atoms with E-state index in [0.717, 1.165) is 34.8 Å². The Hall–Kier alpha value is -5.46. The molecule has 8 rings (SSSR count). The Labute approximate surface area is 317 Å². The minimum Gasteiger partial charge on any atom is -0.495 e. The molecule has 0 radical (unpaired) electrons. The van der Waals surface area contributed by atoms with E-state index < -0.39 is 36.8 Å². The Morgan fingerprint density at radius 1 is 0.945 bits per heavy atom. The molecule has 3 aliphatic heterocycles. The van der Waals surface area contributed by atoms with Crippen molar-refractivity contribution in [2.75, 3.05) is 50.2 Å². The third-order valence-corrected chi connectivity index (χ3v) is 10.6. The van der Waals surface area contributed by atoms with Crippen molar-refractivity contribution in [2.24, 2.45) is 0 Å². The van der Waals surface area contributed by atoms with E-state index in [1.54, 1.807) is 12.3 Å². The maximum absolute atomic E-state index is 14.7. The number of hydrogen-bond donors (Lipinski definition) is 1. The van der Waals surface area contributed by atoms with Gasteiger partial charge in [0.05, 0.1) is 61.6 Å². The zero-order valence-electron chi connectivity index (χ0n) is 30.5. The number of fused-ring (bicyclic) bond motifs is 3. The third-order valence-electron chi connectivity index (χ3n) is 10.6. The van der Waals surface area contributed by atoms with Gasteiger partial charge in [-0.2, -0.15) is 13.2 Å². The Balaban J connectivity index is 1.32. The number of nitrogens with one attached hydrogen (secondary N) is 1. The minimum absolute atomic E-state index is 0.102. The maximum Gasteiger partial charge on any atom is 0.401 e. The summed E-state index contributed by atoms with van der Waals surface area (Å²) in [5, 5.41) is 3.43. The summed E-state index contributed by atoms with van der Waals surface area (Å²) in [5.41, 5.74) is 5.25. The summed E-state index contributed by atoms with van der Waals surface area (Å²) in [4.78, 5) is 24.8. The number of anilines is 3. The van der Waals surface area contributed by atoms with Crippen LogP contribution in [-0.2, 0) is 0 Å². The lowest BCUT2D eigenvalue weighted by molar-refractivity contribution is -0.153. The molecule has 0 bridgehead atoms. The van der Waals surface area contributed by atoms with Gasteiger partial charge in [0, 0.05) is 42.5 Å². The first-order valence-electron chi connectivity index (χ1n) is 18.4. The smallest absolute Gasteiger partial charge is 0.401 e. The van der Waals surface area contributed by atoms with Gasteiger partial charge in [-0.3, -0.25) is 28.9 Å². The molecule has 1 N–H and O–H groups in total. The molecule has 55 heavy (non-hydrogen) atoms. The summed E-state index contributed by atoms with van der Waals surface area (Å²) in [6.45, 7) is 1.93. The number of likely N-dealkylation sites (tertiary alicyclic amines) is 1. The average Bonchev–Trinajstić information content (AvgIpc) is 3.58. The number of hydrogen-bond acceptors (Lipinski definition) is 8. The quantitative estimate of drug-likeness (QED) is 0.134. The van der Waals surface area contributed by atoms with Gasteiger partial charge in [-0.25, -0.2) is 0 Å². The molecule has 1 saturated heterocycles. The van der Waals surface area contributed by atoms with E-state index in [2.05, 4.69) is 15.1 Å². The Kier molecular flexibility index (Phi) is 9.95. The van der Waals surface area contributed by atoms with Gasteiger partial charge < -0.3 is 14.8 Å². The number of halogens is 4. The van der Waals surface area contributed by atoms with Gasteiger partial charge in [0.2, 0.25) is 6.23 Å². The highest BCUT2D eigenvalue weighted by Crippen LogP contribution is 2.58. The highest BCUT2D eigenvalue weighted by atomic mass is 19.4. The van der Waals surface area contributed by atoms with Gasteiger partial charge >= 0.3 is 6.18 Å². The second-order valence-electron chi connectivity index (χ2n) is 14.2. The van der Waals surface area contributed by atoms with Gasteiger partial charge in [-0.05, 0) is 42.7 Å². The summed E-state index contributed by atoms with van der Waals surface area (Å²) in [7, 11) is 1.46. The second-order valence-corrected chi connectivity index (χ2v) is 14.2. The van der Waals surface area contributed by atoms with Crippen LogP contribution in [0.5, 0.6) is 11.5 Å². The molecule has 12 heteroatoms. The lowest BCUT2D eigenvalue weighted by atomic mass is 9.82. The fourth-order valence-corrected chi connectivity index (χ4v) is 8.07. The topological polar surface area (TPSA) is 70.2 Å². The van der Waals surface area contributed by atoms with Crippen LogP contribution in [0.15, 0.2) is 109 Å². The molecule has 1 fully saturated rings. The molecule has 3 aliphatic rings. The summed E-state index contributed by atoms with van der Waals surface area (Å²) in [6, 6.07) is 30.3. The van der Waals surface area contributed by atoms with Gasteiger partial charge in [-0.1, -0.05) is 78.9 Å². The SMILES string of the molecule is COc1cc(NC2CN(CCCF)C2)cnc1[C@@H]1c2cc(-c3ccccc3)c3c(c2C(=O)[C@@H](C)N1CC(F)(F)F)OC(c1ccccc1)N3c1ccccc1. The van der Waals surface area contributed by atoms with E-state index in [1.807, 2.05) is 97.1 Å². The van der Waals surface area contributed by atoms with Crippen molar-refractivity contribution in [1.82, 2.24) is 14.8 Å². The fourth-order valence-electron chi connectivity index (χ4n) is 8.07. The van der Waals surface area contributed by atoms with Crippen LogP contribution in [0.4, 0.5) is 34.6 Å². The van der Waals surface area contributed by atoms with Crippen molar-refractivity contribution in [2.45, 2.75) is 43.9 Å². The van der Waals surface area contributed by atoms with Crippen molar-refractivity contribution >= 4 is 22.8 Å².